The van der Waals surface area contributed by atoms with E-state index in [1.807, 2.05) is 25.1 Å². The summed E-state index contributed by atoms with van der Waals surface area (Å²) in [6.45, 7) is 2.01. The molecule has 5 nitrogen and oxygen atoms in total. The van der Waals surface area contributed by atoms with Crippen LogP contribution in [0, 0.1) is 0 Å². The van der Waals surface area contributed by atoms with E-state index in [1.165, 1.54) is 0 Å². The van der Waals surface area contributed by atoms with Gasteiger partial charge in [-0.1, -0.05) is 6.07 Å². The Labute approximate surface area is 100 Å². The zero-order valence-corrected chi connectivity index (χ0v) is 9.90. The first-order chi connectivity index (χ1) is 8.22. The lowest BCUT2D eigenvalue weighted by Gasteiger charge is -2.16. The lowest BCUT2D eigenvalue weighted by Crippen LogP contribution is -2.10. The second kappa shape index (κ2) is 4.78. The van der Waals surface area contributed by atoms with E-state index in [4.69, 9.17) is 10.5 Å². The fraction of sp³-hybridized carbons (Fsp3) is 0.250. The van der Waals surface area contributed by atoms with Gasteiger partial charge in [-0.2, -0.15) is 0 Å². The quantitative estimate of drug-likeness (QED) is 0.706. The fourth-order valence-corrected chi connectivity index (χ4v) is 1.66. The normalized spacial score (nSPS) is 12.1. The third-order valence-corrected chi connectivity index (χ3v) is 2.59. The van der Waals surface area contributed by atoms with Crippen LogP contribution in [-0.4, -0.2) is 17.1 Å². The Kier molecular flexibility index (Phi) is 3.18. The Balaban J connectivity index is 2.19. The van der Waals surface area contributed by atoms with Gasteiger partial charge in [0, 0.05) is 12.4 Å². The summed E-state index contributed by atoms with van der Waals surface area (Å²) >= 11 is 0. The predicted molar refractivity (Wildman–Crippen MR) is 68.0 cm³/mol. The Morgan fingerprint density at radius 2 is 2.29 bits per heavy atom. The van der Waals surface area contributed by atoms with E-state index in [1.54, 1.807) is 19.5 Å². The zero-order chi connectivity index (χ0) is 12.3. The molecule has 0 radical (unpaired) electrons. The van der Waals surface area contributed by atoms with Gasteiger partial charge in [0.15, 0.2) is 0 Å². The monoisotopic (exact) mass is 232 g/mol. The van der Waals surface area contributed by atoms with Gasteiger partial charge in [-0.05, 0) is 19.1 Å². The van der Waals surface area contributed by atoms with Crippen molar-refractivity contribution < 1.29 is 4.74 Å². The molecule has 0 aliphatic carbocycles. The molecule has 90 valence electrons. The van der Waals surface area contributed by atoms with Gasteiger partial charge in [0.05, 0.1) is 24.5 Å². The average Bonchev–Trinajstić information content (AvgIpc) is 2.85. The SMILES string of the molecule is COc1cccc(NC(C)c2ncc[nH]2)c1N. The number of nitrogens with one attached hydrogen (secondary N) is 2. The Morgan fingerprint density at radius 3 is 2.94 bits per heavy atom. The van der Waals surface area contributed by atoms with Gasteiger partial charge in [-0.15, -0.1) is 0 Å². The molecule has 5 heteroatoms. The standard InChI is InChI=1S/C12H16N4O/c1-8(12-14-6-7-15-12)16-9-4-3-5-10(17-2)11(9)13/h3-8,16H,13H2,1-2H3,(H,14,15). The summed E-state index contributed by atoms with van der Waals surface area (Å²) in [6, 6.07) is 5.70. The van der Waals surface area contributed by atoms with E-state index >= 15 is 0 Å². The van der Waals surface area contributed by atoms with Crippen LogP contribution in [0.4, 0.5) is 11.4 Å². The Bertz CT molecular complexity index is 481. The maximum Gasteiger partial charge on any atom is 0.143 e. The van der Waals surface area contributed by atoms with Crippen LogP contribution < -0.4 is 15.8 Å². The number of para-hydroxylation sites is 1. The molecule has 1 heterocycles. The van der Waals surface area contributed by atoms with Crippen LogP contribution in [0.5, 0.6) is 5.75 Å². The van der Waals surface area contributed by atoms with Crippen LogP contribution in [0.25, 0.3) is 0 Å². The molecule has 1 atom stereocenters. The number of hydrogen-bond donors (Lipinski definition) is 3. The molecule has 1 aromatic carbocycles. The van der Waals surface area contributed by atoms with Crippen LogP contribution in [0.2, 0.25) is 0 Å². The predicted octanol–water partition coefficient (Wildman–Crippen LogP) is 2.17. The third-order valence-electron chi connectivity index (χ3n) is 2.59. The average molecular weight is 232 g/mol. The molecular weight excluding hydrogens is 216 g/mol. The number of methoxy groups -OCH3 is 1. The maximum absolute atomic E-state index is 5.98. The van der Waals surface area contributed by atoms with Crippen molar-refractivity contribution >= 4 is 11.4 Å². The van der Waals surface area contributed by atoms with E-state index in [2.05, 4.69) is 15.3 Å². The van der Waals surface area contributed by atoms with Crippen molar-refractivity contribution in [3.8, 4) is 5.75 Å². The van der Waals surface area contributed by atoms with Crippen molar-refractivity contribution in [3.05, 3.63) is 36.4 Å². The summed E-state index contributed by atoms with van der Waals surface area (Å²) < 4.78 is 5.17. The Morgan fingerprint density at radius 1 is 1.47 bits per heavy atom. The van der Waals surface area contributed by atoms with Crippen molar-refractivity contribution in [1.82, 2.24) is 9.97 Å². The minimum atomic E-state index is 0.0550. The molecule has 0 fully saturated rings. The van der Waals surface area contributed by atoms with Crippen molar-refractivity contribution in [2.45, 2.75) is 13.0 Å². The number of H-pyrrole nitrogens is 1. The number of nitrogen functional groups attached to an aromatic ring is 1. The van der Waals surface area contributed by atoms with Crippen molar-refractivity contribution in [2.24, 2.45) is 0 Å². The van der Waals surface area contributed by atoms with Crippen LogP contribution in [0.1, 0.15) is 18.8 Å². The highest BCUT2D eigenvalue weighted by Crippen LogP contribution is 2.30. The molecule has 0 amide bonds. The summed E-state index contributed by atoms with van der Waals surface area (Å²) in [6.07, 6.45) is 3.52. The molecular formula is C12H16N4O. The molecule has 1 unspecified atom stereocenters. The number of hydrogen-bond acceptors (Lipinski definition) is 4. The number of imidazole rings is 1. The summed E-state index contributed by atoms with van der Waals surface area (Å²) in [7, 11) is 1.60. The molecule has 2 aromatic rings. The van der Waals surface area contributed by atoms with E-state index < -0.39 is 0 Å². The number of nitrogens with two attached hydrogens (primary N) is 1. The van der Waals surface area contributed by atoms with Crippen LogP contribution in [0.15, 0.2) is 30.6 Å². The molecule has 0 aliphatic heterocycles. The van der Waals surface area contributed by atoms with Gasteiger partial charge in [0.2, 0.25) is 0 Å². The number of aromatic amines is 1. The van der Waals surface area contributed by atoms with E-state index in [9.17, 15) is 0 Å². The molecule has 0 saturated heterocycles. The first-order valence-corrected chi connectivity index (χ1v) is 5.40. The van der Waals surface area contributed by atoms with Crippen LogP contribution >= 0.6 is 0 Å². The first-order valence-electron chi connectivity index (χ1n) is 5.40. The second-order valence-electron chi connectivity index (χ2n) is 3.76. The molecule has 0 aliphatic rings. The summed E-state index contributed by atoms with van der Waals surface area (Å²) in [5, 5.41) is 3.29. The van der Waals surface area contributed by atoms with Gasteiger partial charge in [0.1, 0.15) is 11.6 Å². The van der Waals surface area contributed by atoms with E-state index in [0.29, 0.717) is 11.4 Å². The van der Waals surface area contributed by atoms with Gasteiger partial charge in [-0.3, -0.25) is 0 Å². The fourth-order valence-electron chi connectivity index (χ4n) is 1.66. The Hall–Kier alpha value is -2.17. The number of nitrogens with zero attached hydrogens (tertiary/aromatic N) is 1. The number of benzene rings is 1. The van der Waals surface area contributed by atoms with E-state index in [-0.39, 0.29) is 6.04 Å². The highest BCUT2D eigenvalue weighted by molar-refractivity contribution is 5.73. The minimum Gasteiger partial charge on any atom is -0.495 e. The molecule has 0 bridgehead atoms. The van der Waals surface area contributed by atoms with Gasteiger partial charge >= 0.3 is 0 Å². The summed E-state index contributed by atoms with van der Waals surface area (Å²) in [5.41, 5.74) is 7.42. The van der Waals surface area contributed by atoms with Gasteiger partial charge < -0.3 is 20.8 Å². The number of rotatable bonds is 4. The van der Waals surface area contributed by atoms with Crippen molar-refractivity contribution in [2.75, 3.05) is 18.2 Å². The second-order valence-corrected chi connectivity index (χ2v) is 3.76. The highest BCUT2D eigenvalue weighted by Gasteiger charge is 2.10. The molecule has 4 N–H and O–H groups in total. The van der Waals surface area contributed by atoms with E-state index in [0.717, 1.165) is 11.5 Å². The van der Waals surface area contributed by atoms with Gasteiger partial charge in [0.25, 0.3) is 0 Å². The summed E-state index contributed by atoms with van der Waals surface area (Å²) in [5.74, 6) is 1.54. The number of ether oxygens (including phenoxy) is 1. The number of anilines is 2. The molecule has 0 saturated carbocycles. The zero-order valence-electron chi connectivity index (χ0n) is 9.90. The molecule has 0 spiro atoms. The van der Waals surface area contributed by atoms with Gasteiger partial charge in [-0.25, -0.2) is 4.98 Å². The first kappa shape index (κ1) is 11.3. The van der Waals surface area contributed by atoms with Crippen molar-refractivity contribution in [1.29, 1.82) is 0 Å². The molecule has 17 heavy (non-hydrogen) atoms. The van der Waals surface area contributed by atoms with Crippen LogP contribution in [0.3, 0.4) is 0 Å². The number of aromatic nitrogens is 2. The topological polar surface area (TPSA) is 76.0 Å². The molecule has 1 aromatic heterocycles. The van der Waals surface area contributed by atoms with Crippen molar-refractivity contribution in [3.63, 3.8) is 0 Å². The smallest absolute Gasteiger partial charge is 0.143 e. The van der Waals surface area contributed by atoms with Crippen LogP contribution in [-0.2, 0) is 0 Å². The lowest BCUT2D eigenvalue weighted by molar-refractivity contribution is 0.417. The third kappa shape index (κ3) is 2.33. The maximum atomic E-state index is 5.98. The minimum absolute atomic E-state index is 0.0550. The lowest BCUT2D eigenvalue weighted by atomic mass is 10.2. The molecule has 2 rings (SSSR count). The highest BCUT2D eigenvalue weighted by atomic mass is 16.5. The summed E-state index contributed by atoms with van der Waals surface area (Å²) in [4.78, 5) is 7.25. The largest absolute Gasteiger partial charge is 0.495 e.